The molecule has 1 N–H and O–H groups in total. The Balaban J connectivity index is 1.19. The summed E-state index contributed by atoms with van der Waals surface area (Å²) in [5.74, 6) is 2.43. The average molecular weight is 451 g/mol. The Kier molecular flexibility index (Phi) is 5.20. The highest BCUT2D eigenvalue weighted by atomic mass is 16.5. The molecule has 5 fully saturated rings. The summed E-state index contributed by atoms with van der Waals surface area (Å²) in [6.07, 6.45) is 11.7. The zero-order valence-electron chi connectivity index (χ0n) is 19.5. The quantitative estimate of drug-likeness (QED) is 0.756. The van der Waals surface area contributed by atoms with E-state index in [2.05, 4.69) is 10.3 Å². The molecule has 7 heteroatoms. The highest BCUT2D eigenvalue weighted by molar-refractivity contribution is 5.95. The van der Waals surface area contributed by atoms with E-state index in [9.17, 15) is 9.59 Å². The highest BCUT2D eigenvalue weighted by Crippen LogP contribution is 2.59. The molecule has 0 radical (unpaired) electrons. The molecule has 0 aromatic carbocycles. The van der Waals surface area contributed by atoms with Crippen molar-refractivity contribution in [2.45, 2.75) is 57.5 Å². The summed E-state index contributed by atoms with van der Waals surface area (Å²) in [7, 11) is 1.69. The molecule has 2 aromatic heterocycles. The molecule has 2 amide bonds. The van der Waals surface area contributed by atoms with Crippen molar-refractivity contribution in [3.63, 3.8) is 0 Å². The first kappa shape index (κ1) is 21.1. The predicted molar refractivity (Wildman–Crippen MR) is 124 cm³/mol. The fourth-order valence-electron chi connectivity index (χ4n) is 7.64. The van der Waals surface area contributed by atoms with Gasteiger partial charge in [0.25, 0.3) is 11.8 Å². The summed E-state index contributed by atoms with van der Waals surface area (Å²) < 4.78 is 7.22. The number of likely N-dealkylation sites (tertiary alicyclic amines) is 1. The maximum atomic E-state index is 13.2. The van der Waals surface area contributed by atoms with Crippen molar-refractivity contribution in [1.82, 2.24) is 19.6 Å². The van der Waals surface area contributed by atoms with E-state index in [1.807, 2.05) is 23.1 Å². The molecule has 7 nitrogen and oxygen atoms in total. The van der Waals surface area contributed by atoms with Gasteiger partial charge in [-0.3, -0.25) is 14.0 Å². The van der Waals surface area contributed by atoms with Crippen LogP contribution in [0.4, 0.5) is 0 Å². The van der Waals surface area contributed by atoms with E-state index in [1.165, 1.54) is 38.5 Å². The van der Waals surface area contributed by atoms with Crippen molar-refractivity contribution in [2.75, 3.05) is 26.7 Å². The number of hydrogen-bond donors (Lipinski definition) is 1. The smallest absolute Gasteiger partial charge is 0.274 e. The van der Waals surface area contributed by atoms with Crippen LogP contribution in [-0.2, 0) is 4.74 Å². The minimum absolute atomic E-state index is 0.0747. The van der Waals surface area contributed by atoms with Crippen LogP contribution in [0.15, 0.2) is 24.4 Å². The first-order chi connectivity index (χ1) is 16.0. The van der Waals surface area contributed by atoms with Gasteiger partial charge in [0.2, 0.25) is 0 Å². The molecule has 4 aliphatic carbocycles. The molecule has 33 heavy (non-hydrogen) atoms. The van der Waals surface area contributed by atoms with E-state index in [1.54, 1.807) is 17.7 Å². The van der Waals surface area contributed by atoms with Crippen LogP contribution in [-0.4, -0.2) is 58.9 Å². The standard InChI is InChI=1S/C26H34N4O3/c1-33-20-4-3-7-29(14-20)25(32)21-15-30-22(5-2-6-23(30)28-21)24(31)27-16-26-11-17-8-18(12-26)10-19(9-17)13-26/h2,5-6,15,17-20H,3-4,7-14,16H2,1H3,(H,27,31). The van der Waals surface area contributed by atoms with Gasteiger partial charge >= 0.3 is 0 Å². The molecule has 3 heterocycles. The molecule has 1 atom stereocenters. The van der Waals surface area contributed by atoms with Gasteiger partial charge in [-0.05, 0) is 86.7 Å². The number of hydrogen-bond acceptors (Lipinski definition) is 4. The second kappa shape index (κ2) is 8.12. The van der Waals surface area contributed by atoms with Crippen LogP contribution >= 0.6 is 0 Å². The van der Waals surface area contributed by atoms with Gasteiger partial charge in [0.15, 0.2) is 0 Å². The fraction of sp³-hybridized carbons (Fsp3) is 0.654. The number of piperidine rings is 1. The number of pyridine rings is 1. The fourth-order valence-corrected chi connectivity index (χ4v) is 7.64. The Hall–Kier alpha value is -2.41. The van der Waals surface area contributed by atoms with E-state index in [0.29, 0.717) is 35.5 Å². The molecule has 1 unspecified atom stereocenters. The van der Waals surface area contributed by atoms with Crippen LogP contribution in [0.5, 0.6) is 0 Å². The first-order valence-corrected chi connectivity index (χ1v) is 12.6. The van der Waals surface area contributed by atoms with Crippen LogP contribution in [0.3, 0.4) is 0 Å². The molecular formula is C26H34N4O3. The Morgan fingerprint density at radius 1 is 1.15 bits per heavy atom. The molecule has 4 bridgehead atoms. The molecule has 7 rings (SSSR count). The Labute approximate surface area is 194 Å². The number of amides is 2. The Bertz CT molecular complexity index is 1040. The third kappa shape index (κ3) is 3.84. The van der Waals surface area contributed by atoms with Crippen LogP contribution in [0, 0.1) is 23.2 Å². The number of ether oxygens (including phenoxy) is 1. The average Bonchev–Trinajstić information content (AvgIpc) is 3.26. The van der Waals surface area contributed by atoms with Crippen molar-refractivity contribution in [3.05, 3.63) is 35.8 Å². The second-order valence-corrected chi connectivity index (χ2v) is 11.1. The minimum Gasteiger partial charge on any atom is -0.380 e. The molecule has 1 aliphatic heterocycles. The van der Waals surface area contributed by atoms with Gasteiger partial charge in [-0.2, -0.15) is 0 Å². The summed E-state index contributed by atoms with van der Waals surface area (Å²) in [6, 6.07) is 5.51. The van der Waals surface area contributed by atoms with Crippen molar-refractivity contribution >= 4 is 17.5 Å². The number of fused-ring (bicyclic) bond motifs is 1. The molecule has 176 valence electrons. The zero-order valence-corrected chi connectivity index (χ0v) is 19.5. The van der Waals surface area contributed by atoms with Gasteiger partial charge in [-0.1, -0.05) is 6.07 Å². The molecular weight excluding hydrogens is 416 g/mol. The molecule has 2 aromatic rings. The molecule has 4 saturated carbocycles. The van der Waals surface area contributed by atoms with Gasteiger partial charge in [0.1, 0.15) is 17.0 Å². The van der Waals surface area contributed by atoms with Crippen LogP contribution in [0.1, 0.15) is 72.3 Å². The zero-order chi connectivity index (χ0) is 22.6. The number of methoxy groups -OCH3 is 1. The lowest BCUT2D eigenvalue weighted by atomic mass is 9.49. The van der Waals surface area contributed by atoms with Crippen LogP contribution in [0.2, 0.25) is 0 Å². The third-order valence-corrected chi connectivity index (χ3v) is 8.73. The first-order valence-electron chi connectivity index (χ1n) is 12.6. The number of carbonyl (C=O) groups is 2. The van der Waals surface area contributed by atoms with Crippen molar-refractivity contribution in [3.8, 4) is 0 Å². The largest absolute Gasteiger partial charge is 0.380 e. The van der Waals surface area contributed by atoms with E-state index in [4.69, 9.17) is 4.74 Å². The predicted octanol–water partition coefficient (Wildman–Crippen LogP) is 3.53. The number of aromatic nitrogens is 2. The topological polar surface area (TPSA) is 75.9 Å². The summed E-state index contributed by atoms with van der Waals surface area (Å²) in [5.41, 5.74) is 1.84. The summed E-state index contributed by atoms with van der Waals surface area (Å²) in [6.45, 7) is 2.06. The van der Waals surface area contributed by atoms with E-state index in [-0.39, 0.29) is 17.9 Å². The third-order valence-electron chi connectivity index (χ3n) is 8.73. The van der Waals surface area contributed by atoms with E-state index >= 15 is 0 Å². The van der Waals surface area contributed by atoms with Gasteiger partial charge < -0.3 is 15.0 Å². The molecule has 0 spiro atoms. The maximum Gasteiger partial charge on any atom is 0.274 e. The van der Waals surface area contributed by atoms with Crippen LogP contribution < -0.4 is 5.32 Å². The van der Waals surface area contributed by atoms with Gasteiger partial charge in [0, 0.05) is 32.9 Å². The lowest BCUT2D eigenvalue weighted by Crippen LogP contribution is -2.51. The van der Waals surface area contributed by atoms with Gasteiger partial charge in [0.05, 0.1) is 6.10 Å². The number of carbonyl (C=O) groups excluding carboxylic acids is 2. The Morgan fingerprint density at radius 3 is 2.58 bits per heavy atom. The number of rotatable bonds is 5. The van der Waals surface area contributed by atoms with E-state index < -0.39 is 0 Å². The lowest BCUT2D eigenvalue weighted by molar-refractivity contribution is -0.0503. The lowest BCUT2D eigenvalue weighted by Gasteiger charge is -2.56. The molecule has 1 saturated heterocycles. The van der Waals surface area contributed by atoms with Crippen molar-refractivity contribution < 1.29 is 14.3 Å². The number of nitrogens with one attached hydrogen (secondary N) is 1. The second-order valence-electron chi connectivity index (χ2n) is 11.1. The highest BCUT2D eigenvalue weighted by Gasteiger charge is 2.50. The SMILES string of the molecule is COC1CCCN(C(=O)c2cn3c(C(=O)NCC45CC6CC(CC(C6)C4)C5)cccc3n2)C1. The maximum absolute atomic E-state index is 13.2. The number of nitrogens with zero attached hydrogens (tertiary/aromatic N) is 3. The van der Waals surface area contributed by atoms with E-state index in [0.717, 1.165) is 37.1 Å². The number of imidazole rings is 1. The summed E-state index contributed by atoms with van der Waals surface area (Å²) in [5, 5.41) is 3.26. The Morgan fingerprint density at radius 2 is 1.88 bits per heavy atom. The van der Waals surface area contributed by atoms with Crippen molar-refractivity contribution in [2.24, 2.45) is 23.2 Å². The summed E-state index contributed by atoms with van der Waals surface area (Å²) in [4.78, 5) is 32.7. The minimum atomic E-state index is -0.0969. The summed E-state index contributed by atoms with van der Waals surface area (Å²) >= 11 is 0. The monoisotopic (exact) mass is 450 g/mol. The van der Waals surface area contributed by atoms with Gasteiger partial charge in [-0.25, -0.2) is 4.98 Å². The van der Waals surface area contributed by atoms with Crippen LogP contribution in [0.25, 0.3) is 5.65 Å². The molecule has 5 aliphatic rings. The van der Waals surface area contributed by atoms with Crippen molar-refractivity contribution in [1.29, 1.82) is 0 Å². The normalized spacial score (nSPS) is 32.9. The van der Waals surface area contributed by atoms with Gasteiger partial charge in [-0.15, -0.1) is 0 Å².